The zero-order valence-electron chi connectivity index (χ0n) is 17.9. The smallest absolute Gasteiger partial charge is 0.290 e. The number of rotatable bonds is 6. The number of hydrogen-bond acceptors (Lipinski definition) is 5. The first-order valence-corrected chi connectivity index (χ1v) is 12.8. The van der Waals surface area contributed by atoms with Crippen molar-refractivity contribution >= 4 is 21.4 Å². The Bertz CT molecular complexity index is 1350. The summed E-state index contributed by atoms with van der Waals surface area (Å²) in [6, 6.07) is 9.11. The van der Waals surface area contributed by atoms with E-state index in [1.54, 1.807) is 18.2 Å². The van der Waals surface area contributed by atoms with Gasteiger partial charge in [-0.25, -0.2) is 18.2 Å². The highest BCUT2D eigenvalue weighted by molar-refractivity contribution is 7.92. The van der Waals surface area contributed by atoms with Crippen LogP contribution in [0.1, 0.15) is 36.8 Å². The van der Waals surface area contributed by atoms with E-state index in [0.29, 0.717) is 24.0 Å². The minimum Gasteiger partial charge on any atom is -0.290 e. The number of alkyl halides is 3. The van der Waals surface area contributed by atoms with Crippen molar-refractivity contribution in [3.05, 3.63) is 69.1 Å². The van der Waals surface area contributed by atoms with Crippen molar-refractivity contribution in [3.63, 3.8) is 0 Å². The van der Waals surface area contributed by atoms with Crippen LogP contribution in [0.3, 0.4) is 0 Å². The van der Waals surface area contributed by atoms with Gasteiger partial charge in [0.15, 0.2) is 15.7 Å². The van der Waals surface area contributed by atoms with E-state index in [4.69, 9.17) is 11.6 Å². The van der Waals surface area contributed by atoms with Crippen molar-refractivity contribution in [2.24, 2.45) is 0 Å². The third-order valence-corrected chi connectivity index (χ3v) is 8.48. The molecule has 0 saturated heterocycles. The summed E-state index contributed by atoms with van der Waals surface area (Å²) in [6.07, 6.45) is -0.955. The summed E-state index contributed by atoms with van der Waals surface area (Å²) in [5, 5.41) is -0.0149. The molecule has 34 heavy (non-hydrogen) atoms. The number of nitrogens with one attached hydrogen (secondary N) is 1. The van der Waals surface area contributed by atoms with Gasteiger partial charge in [-0.2, -0.15) is 18.2 Å². The summed E-state index contributed by atoms with van der Waals surface area (Å²) in [5.41, 5.74) is -0.272. The lowest BCUT2D eigenvalue weighted by molar-refractivity contribution is -0.137. The molecular weight excluding hydrogens is 491 g/mol. The third kappa shape index (κ3) is 5.50. The van der Waals surface area contributed by atoms with Gasteiger partial charge in [0.1, 0.15) is 5.82 Å². The molecule has 1 aromatic heterocycles. The first-order chi connectivity index (χ1) is 16.0. The maximum atomic E-state index is 12.8. The van der Waals surface area contributed by atoms with Crippen LogP contribution in [0.2, 0.25) is 5.02 Å². The number of aryl methyl sites for hydroxylation is 1. The van der Waals surface area contributed by atoms with E-state index in [1.165, 1.54) is 12.1 Å². The summed E-state index contributed by atoms with van der Waals surface area (Å²) in [6.45, 7) is 0. The number of nitrogens with zero attached hydrogens (tertiary/aromatic N) is 2. The van der Waals surface area contributed by atoms with Gasteiger partial charge in [0.25, 0.3) is 0 Å². The Morgan fingerprint density at radius 1 is 1.03 bits per heavy atom. The number of benzene rings is 2. The Kier molecular flexibility index (Phi) is 6.82. The number of sulfone groups is 1. The van der Waals surface area contributed by atoms with Gasteiger partial charge in [-0.3, -0.25) is 4.98 Å². The number of halogens is 4. The quantitative estimate of drug-likeness (QED) is 0.498. The molecule has 2 aromatic carbocycles. The van der Waals surface area contributed by atoms with Crippen molar-refractivity contribution in [2.75, 3.05) is 5.75 Å². The van der Waals surface area contributed by atoms with Crippen molar-refractivity contribution in [1.29, 1.82) is 0 Å². The lowest BCUT2D eigenvalue weighted by atomic mass is 10.1. The zero-order chi connectivity index (χ0) is 24.5. The predicted octanol–water partition coefficient (Wildman–Crippen LogP) is 5.07. The van der Waals surface area contributed by atoms with Crippen molar-refractivity contribution in [1.82, 2.24) is 15.0 Å². The molecular formula is C23H21ClF3N3O3S. The van der Waals surface area contributed by atoms with E-state index in [2.05, 4.69) is 15.0 Å². The number of aromatic nitrogens is 3. The largest absolute Gasteiger partial charge is 0.416 e. The second-order valence-electron chi connectivity index (χ2n) is 8.24. The monoisotopic (exact) mass is 511 g/mol. The summed E-state index contributed by atoms with van der Waals surface area (Å²) in [5.74, 6) is 0.0358. The molecule has 0 unspecified atom stereocenters. The van der Waals surface area contributed by atoms with Crippen LogP contribution in [-0.4, -0.2) is 34.4 Å². The first kappa shape index (κ1) is 24.4. The Morgan fingerprint density at radius 2 is 1.71 bits per heavy atom. The standard InChI is InChI=1S/C23H21ClF3N3O3S/c24-19-10-5-14(11-12-34(32,33)17-3-1-2-4-17)13-18(19)21-28-20(29-22(31)30-21)15-6-8-16(9-7-15)23(25,26)27/h5-10,13,17H,1-4,11-12H2,(H,28,29,30,31). The fourth-order valence-electron chi connectivity index (χ4n) is 4.03. The number of aromatic amines is 1. The molecule has 1 heterocycles. The highest BCUT2D eigenvalue weighted by Gasteiger charge is 2.30. The van der Waals surface area contributed by atoms with Crippen LogP contribution in [-0.2, 0) is 22.4 Å². The summed E-state index contributed by atoms with van der Waals surface area (Å²) in [4.78, 5) is 22.7. The lowest BCUT2D eigenvalue weighted by Gasteiger charge is -2.12. The molecule has 1 saturated carbocycles. The minimum absolute atomic E-state index is 0.00976. The zero-order valence-corrected chi connectivity index (χ0v) is 19.5. The van der Waals surface area contributed by atoms with E-state index in [9.17, 15) is 26.4 Å². The Hall–Kier alpha value is -2.72. The molecule has 1 N–H and O–H groups in total. The summed E-state index contributed by atoms with van der Waals surface area (Å²) in [7, 11) is -3.21. The molecule has 1 fully saturated rings. The van der Waals surface area contributed by atoms with Crippen LogP contribution >= 0.6 is 11.6 Å². The molecule has 0 spiro atoms. The van der Waals surface area contributed by atoms with Crippen LogP contribution in [0.5, 0.6) is 0 Å². The van der Waals surface area contributed by atoms with Crippen LogP contribution in [0.25, 0.3) is 22.8 Å². The Balaban J connectivity index is 1.62. The van der Waals surface area contributed by atoms with Gasteiger partial charge in [0.2, 0.25) is 0 Å². The highest BCUT2D eigenvalue weighted by atomic mass is 35.5. The van der Waals surface area contributed by atoms with Gasteiger partial charge in [0, 0.05) is 11.1 Å². The molecule has 180 valence electrons. The minimum atomic E-state index is -4.49. The van der Waals surface area contributed by atoms with Crippen molar-refractivity contribution in [2.45, 2.75) is 43.5 Å². The molecule has 6 nitrogen and oxygen atoms in total. The van der Waals surface area contributed by atoms with Gasteiger partial charge in [-0.15, -0.1) is 0 Å². The molecule has 11 heteroatoms. The van der Waals surface area contributed by atoms with Gasteiger partial charge in [-0.05, 0) is 49.1 Å². The molecule has 1 aliphatic rings. The van der Waals surface area contributed by atoms with Crippen LogP contribution < -0.4 is 5.69 Å². The van der Waals surface area contributed by atoms with Crippen molar-refractivity contribution in [3.8, 4) is 22.8 Å². The molecule has 3 aromatic rings. The molecule has 4 rings (SSSR count). The SMILES string of the molecule is O=c1nc(-c2ccc(C(F)(F)F)cc2)nc(-c2cc(CCS(=O)(=O)C3CCCC3)ccc2Cl)[nH]1. The average Bonchev–Trinajstić information content (AvgIpc) is 3.34. The average molecular weight is 512 g/mol. The summed E-state index contributed by atoms with van der Waals surface area (Å²) < 4.78 is 63.7. The van der Waals surface area contributed by atoms with Gasteiger partial charge in [0.05, 0.1) is 21.6 Å². The van der Waals surface area contributed by atoms with Crippen LogP contribution in [0.15, 0.2) is 47.3 Å². The second kappa shape index (κ2) is 9.50. The third-order valence-electron chi connectivity index (χ3n) is 5.89. The number of H-pyrrole nitrogens is 1. The maximum Gasteiger partial charge on any atom is 0.416 e. The van der Waals surface area contributed by atoms with Gasteiger partial charge < -0.3 is 0 Å². The second-order valence-corrected chi connectivity index (χ2v) is 11.0. The highest BCUT2D eigenvalue weighted by Crippen LogP contribution is 2.31. The fourth-order valence-corrected chi connectivity index (χ4v) is 6.15. The normalized spacial score (nSPS) is 15.1. The van der Waals surface area contributed by atoms with E-state index in [1.807, 2.05) is 0 Å². The maximum absolute atomic E-state index is 12.8. The van der Waals surface area contributed by atoms with E-state index in [0.717, 1.165) is 25.0 Å². The molecule has 0 amide bonds. The first-order valence-electron chi connectivity index (χ1n) is 10.7. The van der Waals surface area contributed by atoms with Crippen LogP contribution in [0.4, 0.5) is 13.2 Å². The van der Waals surface area contributed by atoms with E-state index in [-0.39, 0.29) is 39.7 Å². The van der Waals surface area contributed by atoms with Crippen molar-refractivity contribution < 1.29 is 21.6 Å². The van der Waals surface area contributed by atoms with Crippen LogP contribution in [0, 0.1) is 0 Å². The van der Waals surface area contributed by atoms with Gasteiger partial charge in [-0.1, -0.05) is 42.6 Å². The molecule has 0 atom stereocenters. The molecule has 1 aliphatic carbocycles. The van der Waals surface area contributed by atoms with E-state index < -0.39 is 27.3 Å². The lowest BCUT2D eigenvalue weighted by Crippen LogP contribution is -2.22. The molecule has 0 radical (unpaired) electrons. The number of hydrogen-bond donors (Lipinski definition) is 1. The Labute approximate surface area is 199 Å². The molecule has 0 bridgehead atoms. The topological polar surface area (TPSA) is 92.8 Å². The van der Waals surface area contributed by atoms with Gasteiger partial charge >= 0.3 is 11.9 Å². The predicted molar refractivity (Wildman–Crippen MR) is 123 cm³/mol. The molecule has 0 aliphatic heterocycles. The summed E-state index contributed by atoms with van der Waals surface area (Å²) >= 11 is 6.32. The fraction of sp³-hybridized carbons (Fsp3) is 0.348. The van der Waals surface area contributed by atoms with E-state index >= 15 is 0 Å². The Morgan fingerprint density at radius 3 is 2.35 bits per heavy atom.